The molecule has 3 nitrogen and oxygen atoms in total. The van der Waals surface area contributed by atoms with E-state index in [0.29, 0.717) is 12.5 Å². The van der Waals surface area contributed by atoms with Gasteiger partial charge in [0.1, 0.15) is 0 Å². The zero-order chi connectivity index (χ0) is 12.6. The van der Waals surface area contributed by atoms with E-state index >= 15 is 0 Å². The Morgan fingerprint density at radius 3 is 2.59 bits per heavy atom. The van der Waals surface area contributed by atoms with Crippen molar-refractivity contribution in [1.82, 2.24) is 4.57 Å². The first kappa shape index (κ1) is 11.9. The molecule has 0 aliphatic rings. The van der Waals surface area contributed by atoms with E-state index < -0.39 is 0 Å². The van der Waals surface area contributed by atoms with Gasteiger partial charge in [0.15, 0.2) is 0 Å². The number of pyridine rings is 1. The Balaban J connectivity index is 2.88. The van der Waals surface area contributed by atoms with Gasteiger partial charge in [-0.1, -0.05) is 26.0 Å². The van der Waals surface area contributed by atoms with Crippen molar-refractivity contribution in [3.63, 3.8) is 0 Å². The van der Waals surface area contributed by atoms with Crippen LogP contribution >= 0.6 is 0 Å². The van der Waals surface area contributed by atoms with Crippen LogP contribution < -0.4 is 11.3 Å². The number of hydrogen-bond donors (Lipinski definition) is 1. The number of benzene rings is 1. The first-order valence-electron chi connectivity index (χ1n) is 5.87. The minimum absolute atomic E-state index is 0.0414. The highest BCUT2D eigenvalue weighted by molar-refractivity contribution is 5.85. The SMILES string of the molecule is CC(C)c1cn(C)c(=O)c2cc(CN)ccc12. The van der Waals surface area contributed by atoms with Gasteiger partial charge in [0.25, 0.3) is 5.56 Å². The largest absolute Gasteiger partial charge is 0.326 e. The van der Waals surface area contributed by atoms with Crippen molar-refractivity contribution in [1.29, 1.82) is 0 Å². The summed E-state index contributed by atoms with van der Waals surface area (Å²) in [5.41, 5.74) is 7.85. The van der Waals surface area contributed by atoms with Crippen LogP contribution in [0.4, 0.5) is 0 Å². The van der Waals surface area contributed by atoms with Crippen molar-refractivity contribution in [2.45, 2.75) is 26.3 Å². The van der Waals surface area contributed by atoms with Gasteiger partial charge in [0.05, 0.1) is 0 Å². The number of aryl methyl sites for hydroxylation is 1. The second-order valence-corrected chi connectivity index (χ2v) is 4.74. The molecule has 1 aromatic heterocycles. The molecule has 1 heterocycles. The van der Waals surface area contributed by atoms with E-state index in [1.807, 2.05) is 24.4 Å². The van der Waals surface area contributed by atoms with Crippen LogP contribution in [0, 0.1) is 0 Å². The molecule has 90 valence electrons. The standard InChI is InChI=1S/C14H18N2O/c1-9(2)13-8-16(3)14(17)12-6-10(7-15)4-5-11(12)13/h4-6,8-9H,7,15H2,1-3H3. The lowest BCUT2D eigenvalue weighted by Gasteiger charge is -2.12. The van der Waals surface area contributed by atoms with E-state index in [1.165, 1.54) is 5.56 Å². The quantitative estimate of drug-likeness (QED) is 0.859. The van der Waals surface area contributed by atoms with Crippen LogP contribution in [0.25, 0.3) is 10.8 Å². The van der Waals surface area contributed by atoms with Gasteiger partial charge in [-0.2, -0.15) is 0 Å². The van der Waals surface area contributed by atoms with Gasteiger partial charge in [-0.3, -0.25) is 4.79 Å². The van der Waals surface area contributed by atoms with E-state index in [1.54, 1.807) is 11.6 Å². The molecule has 2 rings (SSSR count). The summed E-state index contributed by atoms with van der Waals surface area (Å²) in [5.74, 6) is 0.396. The minimum Gasteiger partial charge on any atom is -0.326 e. The maximum absolute atomic E-state index is 12.1. The number of aromatic nitrogens is 1. The highest BCUT2D eigenvalue weighted by Gasteiger charge is 2.10. The number of rotatable bonds is 2. The molecule has 2 aromatic rings. The Kier molecular flexibility index (Phi) is 3.03. The molecule has 0 saturated heterocycles. The lowest BCUT2D eigenvalue weighted by molar-refractivity contribution is 0.809. The van der Waals surface area contributed by atoms with Crippen LogP contribution in [-0.4, -0.2) is 4.57 Å². The lowest BCUT2D eigenvalue weighted by atomic mass is 9.97. The van der Waals surface area contributed by atoms with Crippen LogP contribution in [0.3, 0.4) is 0 Å². The molecule has 0 unspecified atom stereocenters. The van der Waals surface area contributed by atoms with Crippen LogP contribution in [0.1, 0.15) is 30.9 Å². The lowest BCUT2D eigenvalue weighted by Crippen LogP contribution is -2.18. The van der Waals surface area contributed by atoms with Gasteiger partial charge in [-0.25, -0.2) is 0 Å². The third-order valence-corrected chi connectivity index (χ3v) is 3.14. The van der Waals surface area contributed by atoms with E-state index in [4.69, 9.17) is 5.73 Å². The van der Waals surface area contributed by atoms with E-state index in [2.05, 4.69) is 13.8 Å². The second kappa shape index (κ2) is 4.34. The van der Waals surface area contributed by atoms with Crippen molar-refractivity contribution in [2.24, 2.45) is 12.8 Å². The summed E-state index contributed by atoms with van der Waals surface area (Å²) in [6.07, 6.45) is 1.93. The molecule has 0 aliphatic carbocycles. The van der Waals surface area contributed by atoms with E-state index in [9.17, 15) is 4.79 Å². The van der Waals surface area contributed by atoms with E-state index in [0.717, 1.165) is 16.3 Å². The molecule has 0 spiro atoms. The molecular weight excluding hydrogens is 212 g/mol. The highest BCUT2D eigenvalue weighted by atomic mass is 16.1. The molecule has 0 radical (unpaired) electrons. The Hall–Kier alpha value is -1.61. The molecule has 0 saturated carbocycles. The summed E-state index contributed by atoms with van der Waals surface area (Å²) in [6, 6.07) is 5.91. The van der Waals surface area contributed by atoms with Gasteiger partial charge in [0.2, 0.25) is 0 Å². The summed E-state index contributed by atoms with van der Waals surface area (Å²) in [5, 5.41) is 1.81. The summed E-state index contributed by atoms with van der Waals surface area (Å²) in [7, 11) is 1.79. The third-order valence-electron chi connectivity index (χ3n) is 3.14. The van der Waals surface area contributed by atoms with Crippen LogP contribution in [0.5, 0.6) is 0 Å². The fourth-order valence-corrected chi connectivity index (χ4v) is 2.13. The van der Waals surface area contributed by atoms with Crippen molar-refractivity contribution in [3.05, 3.63) is 45.9 Å². The number of hydrogen-bond acceptors (Lipinski definition) is 2. The fourth-order valence-electron chi connectivity index (χ4n) is 2.13. The van der Waals surface area contributed by atoms with Crippen molar-refractivity contribution in [3.8, 4) is 0 Å². The van der Waals surface area contributed by atoms with Crippen molar-refractivity contribution < 1.29 is 0 Å². The number of nitrogens with two attached hydrogens (primary N) is 1. The molecule has 0 atom stereocenters. The number of fused-ring (bicyclic) bond motifs is 1. The average molecular weight is 230 g/mol. The summed E-state index contributed by atoms with van der Waals surface area (Å²) < 4.78 is 1.65. The van der Waals surface area contributed by atoms with Crippen molar-refractivity contribution >= 4 is 10.8 Å². The smallest absolute Gasteiger partial charge is 0.258 e. The first-order chi connectivity index (χ1) is 8.04. The zero-order valence-corrected chi connectivity index (χ0v) is 10.5. The Bertz CT molecular complexity index is 611. The van der Waals surface area contributed by atoms with Crippen LogP contribution in [0.15, 0.2) is 29.2 Å². The van der Waals surface area contributed by atoms with E-state index in [-0.39, 0.29) is 5.56 Å². The zero-order valence-electron chi connectivity index (χ0n) is 10.5. The topological polar surface area (TPSA) is 48.0 Å². The normalized spacial score (nSPS) is 11.4. The minimum atomic E-state index is 0.0414. The Morgan fingerprint density at radius 2 is 2.00 bits per heavy atom. The molecule has 2 N–H and O–H groups in total. The predicted molar refractivity (Wildman–Crippen MR) is 71.2 cm³/mol. The number of nitrogens with zero attached hydrogens (tertiary/aromatic N) is 1. The maximum Gasteiger partial charge on any atom is 0.258 e. The predicted octanol–water partition coefficient (Wildman–Crippen LogP) is 2.12. The molecule has 0 aliphatic heterocycles. The maximum atomic E-state index is 12.1. The monoisotopic (exact) mass is 230 g/mol. The van der Waals surface area contributed by atoms with Gasteiger partial charge in [0, 0.05) is 25.2 Å². The molecule has 0 amide bonds. The van der Waals surface area contributed by atoms with Crippen LogP contribution in [0.2, 0.25) is 0 Å². The molecule has 17 heavy (non-hydrogen) atoms. The van der Waals surface area contributed by atoms with Gasteiger partial charge < -0.3 is 10.3 Å². The molecule has 3 heteroatoms. The second-order valence-electron chi connectivity index (χ2n) is 4.74. The molecular formula is C14H18N2O. The average Bonchev–Trinajstić information content (AvgIpc) is 2.32. The summed E-state index contributed by atoms with van der Waals surface area (Å²) in [6.45, 7) is 4.73. The van der Waals surface area contributed by atoms with Gasteiger partial charge in [-0.15, -0.1) is 0 Å². The Morgan fingerprint density at radius 1 is 1.29 bits per heavy atom. The van der Waals surface area contributed by atoms with Crippen molar-refractivity contribution in [2.75, 3.05) is 0 Å². The molecule has 1 aromatic carbocycles. The Labute approximate surface area is 101 Å². The summed E-state index contributed by atoms with van der Waals surface area (Å²) >= 11 is 0. The third kappa shape index (κ3) is 1.98. The molecule has 0 bridgehead atoms. The van der Waals surface area contributed by atoms with Gasteiger partial charge in [-0.05, 0) is 28.5 Å². The fraction of sp³-hybridized carbons (Fsp3) is 0.357. The van der Waals surface area contributed by atoms with Gasteiger partial charge >= 0.3 is 0 Å². The first-order valence-corrected chi connectivity index (χ1v) is 5.87. The molecule has 0 fully saturated rings. The van der Waals surface area contributed by atoms with Crippen LogP contribution in [-0.2, 0) is 13.6 Å². The summed E-state index contributed by atoms with van der Waals surface area (Å²) in [4.78, 5) is 12.1. The highest BCUT2D eigenvalue weighted by Crippen LogP contribution is 2.23.